The third-order valence-corrected chi connectivity index (χ3v) is 3.84. The molecule has 2 aromatic rings. The van der Waals surface area contributed by atoms with E-state index in [2.05, 4.69) is 38.1 Å². The molecular weight excluding hydrogens is 272 g/mol. The van der Waals surface area contributed by atoms with Crippen molar-refractivity contribution < 1.29 is 9.47 Å². The second-order valence-electron chi connectivity index (χ2n) is 5.72. The Kier molecular flexibility index (Phi) is 7.14. The predicted molar refractivity (Wildman–Crippen MR) is 90.6 cm³/mol. The van der Waals surface area contributed by atoms with E-state index in [9.17, 15) is 0 Å². The SMILES string of the molecule is CCC(OCc1ccccc1)C(C)COCc1ccccc1. The zero-order valence-electron chi connectivity index (χ0n) is 13.6. The van der Waals surface area contributed by atoms with Gasteiger partial charge in [0.05, 0.1) is 25.9 Å². The maximum atomic E-state index is 6.06. The molecule has 2 nitrogen and oxygen atoms in total. The average Bonchev–Trinajstić information content (AvgIpc) is 2.57. The molecule has 0 bridgehead atoms. The molecule has 0 aromatic heterocycles. The summed E-state index contributed by atoms with van der Waals surface area (Å²) in [6, 6.07) is 20.6. The maximum Gasteiger partial charge on any atom is 0.0720 e. The van der Waals surface area contributed by atoms with Gasteiger partial charge in [-0.2, -0.15) is 0 Å². The Morgan fingerprint density at radius 3 is 1.91 bits per heavy atom. The lowest BCUT2D eigenvalue weighted by atomic mass is 10.0. The van der Waals surface area contributed by atoms with E-state index in [0.29, 0.717) is 19.1 Å². The largest absolute Gasteiger partial charge is 0.376 e. The van der Waals surface area contributed by atoms with E-state index < -0.39 is 0 Å². The van der Waals surface area contributed by atoms with Gasteiger partial charge in [-0.3, -0.25) is 0 Å². The Morgan fingerprint density at radius 2 is 1.36 bits per heavy atom. The van der Waals surface area contributed by atoms with E-state index in [0.717, 1.165) is 13.0 Å². The summed E-state index contributed by atoms with van der Waals surface area (Å²) in [5, 5.41) is 0. The van der Waals surface area contributed by atoms with Gasteiger partial charge in [0, 0.05) is 5.92 Å². The third kappa shape index (κ3) is 5.63. The fraction of sp³-hybridized carbons (Fsp3) is 0.400. The Bertz CT molecular complexity index is 510. The molecule has 0 N–H and O–H groups in total. The molecule has 118 valence electrons. The van der Waals surface area contributed by atoms with Crippen LogP contribution >= 0.6 is 0 Å². The minimum Gasteiger partial charge on any atom is -0.376 e. The molecule has 0 saturated heterocycles. The number of ether oxygens (including phenoxy) is 2. The molecule has 2 heteroatoms. The average molecular weight is 298 g/mol. The van der Waals surface area contributed by atoms with Gasteiger partial charge in [0.2, 0.25) is 0 Å². The van der Waals surface area contributed by atoms with Crippen LogP contribution in [0, 0.1) is 5.92 Å². The van der Waals surface area contributed by atoms with Crippen molar-refractivity contribution in [1.82, 2.24) is 0 Å². The van der Waals surface area contributed by atoms with E-state index in [-0.39, 0.29) is 6.10 Å². The second kappa shape index (κ2) is 9.39. The van der Waals surface area contributed by atoms with E-state index in [1.54, 1.807) is 0 Å². The minimum atomic E-state index is 0.232. The lowest BCUT2D eigenvalue weighted by molar-refractivity contribution is -0.0297. The lowest BCUT2D eigenvalue weighted by Crippen LogP contribution is -2.25. The smallest absolute Gasteiger partial charge is 0.0720 e. The van der Waals surface area contributed by atoms with Gasteiger partial charge in [0.25, 0.3) is 0 Å². The molecular formula is C20H26O2. The van der Waals surface area contributed by atoms with Crippen molar-refractivity contribution in [3.63, 3.8) is 0 Å². The van der Waals surface area contributed by atoms with Crippen molar-refractivity contribution in [1.29, 1.82) is 0 Å². The van der Waals surface area contributed by atoms with Crippen molar-refractivity contribution in [2.75, 3.05) is 6.61 Å². The zero-order chi connectivity index (χ0) is 15.6. The van der Waals surface area contributed by atoms with Crippen LogP contribution in [0.15, 0.2) is 60.7 Å². The molecule has 0 fully saturated rings. The van der Waals surface area contributed by atoms with Gasteiger partial charge in [0.1, 0.15) is 0 Å². The lowest BCUT2D eigenvalue weighted by Gasteiger charge is -2.23. The molecule has 0 saturated carbocycles. The summed E-state index contributed by atoms with van der Waals surface area (Å²) < 4.78 is 11.9. The highest BCUT2D eigenvalue weighted by molar-refractivity contribution is 5.14. The summed E-state index contributed by atoms with van der Waals surface area (Å²) in [5.41, 5.74) is 2.44. The molecule has 2 atom stereocenters. The zero-order valence-corrected chi connectivity index (χ0v) is 13.6. The standard InChI is InChI=1S/C20H26O2/c1-3-20(22-16-19-12-8-5-9-13-19)17(2)14-21-15-18-10-6-4-7-11-18/h4-13,17,20H,3,14-16H2,1-2H3. The molecule has 0 aliphatic heterocycles. The topological polar surface area (TPSA) is 18.5 Å². The molecule has 0 spiro atoms. The Balaban J connectivity index is 1.73. The minimum absolute atomic E-state index is 0.232. The van der Waals surface area contributed by atoms with Crippen molar-refractivity contribution in [2.24, 2.45) is 5.92 Å². The number of hydrogen-bond acceptors (Lipinski definition) is 2. The number of hydrogen-bond donors (Lipinski definition) is 0. The van der Waals surface area contributed by atoms with Crippen molar-refractivity contribution >= 4 is 0 Å². The first-order valence-electron chi connectivity index (χ1n) is 8.06. The highest BCUT2D eigenvalue weighted by Gasteiger charge is 2.16. The van der Waals surface area contributed by atoms with Crippen molar-refractivity contribution in [2.45, 2.75) is 39.6 Å². The molecule has 2 aromatic carbocycles. The molecule has 0 amide bonds. The van der Waals surface area contributed by atoms with Gasteiger partial charge >= 0.3 is 0 Å². The summed E-state index contributed by atoms with van der Waals surface area (Å²) in [4.78, 5) is 0. The van der Waals surface area contributed by atoms with Gasteiger partial charge in [-0.15, -0.1) is 0 Å². The van der Waals surface area contributed by atoms with Gasteiger partial charge < -0.3 is 9.47 Å². The van der Waals surface area contributed by atoms with Gasteiger partial charge in [-0.25, -0.2) is 0 Å². The summed E-state index contributed by atoms with van der Waals surface area (Å²) in [7, 11) is 0. The first kappa shape index (κ1) is 16.7. The molecule has 22 heavy (non-hydrogen) atoms. The van der Waals surface area contributed by atoms with E-state index in [1.807, 2.05) is 36.4 Å². The molecule has 2 rings (SSSR count). The predicted octanol–water partition coefficient (Wildman–Crippen LogP) is 4.83. The summed E-state index contributed by atoms with van der Waals surface area (Å²) in [6.07, 6.45) is 1.24. The monoisotopic (exact) mass is 298 g/mol. The maximum absolute atomic E-state index is 6.06. The third-order valence-electron chi connectivity index (χ3n) is 3.84. The molecule has 2 unspecified atom stereocenters. The molecule has 0 aliphatic rings. The van der Waals surface area contributed by atoms with Crippen LogP contribution in [0.5, 0.6) is 0 Å². The number of benzene rings is 2. The summed E-state index contributed by atoms with van der Waals surface area (Å²) in [6.45, 7) is 6.43. The quantitative estimate of drug-likeness (QED) is 0.660. The highest BCUT2D eigenvalue weighted by Crippen LogP contribution is 2.15. The van der Waals surface area contributed by atoms with E-state index in [1.165, 1.54) is 11.1 Å². The fourth-order valence-electron chi connectivity index (χ4n) is 2.51. The molecule has 0 radical (unpaired) electrons. The van der Waals surface area contributed by atoms with Crippen molar-refractivity contribution in [3.05, 3.63) is 71.8 Å². The van der Waals surface area contributed by atoms with Gasteiger partial charge in [-0.1, -0.05) is 74.5 Å². The second-order valence-corrected chi connectivity index (χ2v) is 5.72. The van der Waals surface area contributed by atoms with Gasteiger partial charge in [0.15, 0.2) is 0 Å². The Hall–Kier alpha value is -1.64. The molecule has 0 heterocycles. The highest BCUT2D eigenvalue weighted by atomic mass is 16.5. The van der Waals surface area contributed by atoms with Crippen LogP contribution in [0.25, 0.3) is 0 Å². The van der Waals surface area contributed by atoms with E-state index in [4.69, 9.17) is 9.47 Å². The van der Waals surface area contributed by atoms with Gasteiger partial charge in [-0.05, 0) is 17.5 Å². The molecule has 0 aliphatic carbocycles. The first-order valence-corrected chi connectivity index (χ1v) is 8.06. The number of rotatable bonds is 9. The Labute approximate surface area is 134 Å². The Morgan fingerprint density at radius 1 is 0.818 bits per heavy atom. The summed E-state index contributed by atoms with van der Waals surface area (Å²) in [5.74, 6) is 0.387. The van der Waals surface area contributed by atoms with Crippen LogP contribution in [-0.2, 0) is 22.7 Å². The van der Waals surface area contributed by atoms with Crippen molar-refractivity contribution in [3.8, 4) is 0 Å². The van der Waals surface area contributed by atoms with Crippen LogP contribution in [-0.4, -0.2) is 12.7 Å². The van der Waals surface area contributed by atoms with Crippen LogP contribution in [0.1, 0.15) is 31.4 Å². The normalized spacial score (nSPS) is 13.7. The van der Waals surface area contributed by atoms with Crippen LogP contribution in [0.3, 0.4) is 0 Å². The van der Waals surface area contributed by atoms with Crippen LogP contribution in [0.2, 0.25) is 0 Å². The van der Waals surface area contributed by atoms with Crippen LogP contribution in [0.4, 0.5) is 0 Å². The first-order chi connectivity index (χ1) is 10.8. The van der Waals surface area contributed by atoms with Crippen LogP contribution < -0.4 is 0 Å². The summed E-state index contributed by atoms with van der Waals surface area (Å²) >= 11 is 0. The van der Waals surface area contributed by atoms with E-state index >= 15 is 0 Å². The fourth-order valence-corrected chi connectivity index (χ4v) is 2.51.